The molecule has 1 aromatic heterocycles. The van der Waals surface area contributed by atoms with Crippen LogP contribution in [0.25, 0.3) is 10.8 Å². The number of carbonyl (C=O) groups is 1. The van der Waals surface area contributed by atoms with E-state index >= 15 is 0 Å². The lowest BCUT2D eigenvalue weighted by Gasteiger charge is -2.16. The predicted octanol–water partition coefficient (Wildman–Crippen LogP) is 4.16. The van der Waals surface area contributed by atoms with Crippen LogP contribution in [-0.2, 0) is 0 Å². The van der Waals surface area contributed by atoms with Crippen LogP contribution in [-0.4, -0.2) is 17.4 Å². The summed E-state index contributed by atoms with van der Waals surface area (Å²) >= 11 is 0. The molecule has 116 valence electrons. The molecule has 3 aromatic rings. The first-order chi connectivity index (χ1) is 11.3. The zero-order valence-electron chi connectivity index (χ0n) is 13.2. The highest BCUT2D eigenvalue weighted by Gasteiger charge is 2.14. The lowest BCUT2D eigenvalue weighted by molar-refractivity contribution is 0.0952. The lowest BCUT2D eigenvalue weighted by Crippen LogP contribution is -2.28. The molecule has 0 bridgehead atoms. The second kappa shape index (κ2) is 7.05. The predicted molar refractivity (Wildman–Crippen MR) is 93.6 cm³/mol. The summed E-state index contributed by atoms with van der Waals surface area (Å²) in [7, 11) is 0. The molecule has 3 rings (SSSR count). The van der Waals surface area contributed by atoms with Crippen LogP contribution < -0.4 is 5.32 Å². The van der Waals surface area contributed by atoms with Gasteiger partial charge >= 0.3 is 0 Å². The molecule has 1 atom stereocenters. The molecule has 0 spiro atoms. The summed E-state index contributed by atoms with van der Waals surface area (Å²) < 4.78 is 0. The quantitative estimate of drug-likeness (QED) is 0.769. The molecule has 0 radical (unpaired) electrons. The molecular weight excluding hydrogens is 284 g/mol. The van der Waals surface area contributed by atoms with E-state index in [1.165, 1.54) is 5.56 Å². The number of rotatable bonds is 5. The second-order valence-electron chi connectivity index (χ2n) is 5.63. The standard InChI is InChI=1S/C20H20N2O/c1-2-15(16-8-4-3-5-9-16)13-22-20(23)19-14-21-12-17-10-6-7-11-18(17)19/h3-12,14-15H,2,13H2,1H3,(H,22,23). The monoisotopic (exact) mass is 304 g/mol. The third kappa shape index (κ3) is 3.39. The summed E-state index contributed by atoms with van der Waals surface area (Å²) in [5.41, 5.74) is 1.89. The molecule has 0 saturated heterocycles. The number of carbonyl (C=O) groups excluding carboxylic acids is 1. The summed E-state index contributed by atoms with van der Waals surface area (Å²) in [6, 6.07) is 18.1. The maximum Gasteiger partial charge on any atom is 0.253 e. The van der Waals surface area contributed by atoms with Gasteiger partial charge in [0.1, 0.15) is 0 Å². The highest BCUT2D eigenvalue weighted by atomic mass is 16.1. The Morgan fingerprint density at radius 1 is 1.04 bits per heavy atom. The van der Waals surface area contributed by atoms with Gasteiger partial charge in [-0.3, -0.25) is 9.78 Å². The molecule has 0 aliphatic carbocycles. The van der Waals surface area contributed by atoms with Gasteiger partial charge in [0.25, 0.3) is 5.91 Å². The van der Waals surface area contributed by atoms with Crippen LogP contribution in [0.15, 0.2) is 67.0 Å². The van der Waals surface area contributed by atoms with E-state index in [0.29, 0.717) is 18.0 Å². The van der Waals surface area contributed by atoms with E-state index in [4.69, 9.17) is 0 Å². The van der Waals surface area contributed by atoms with Crippen LogP contribution in [0.4, 0.5) is 0 Å². The number of hydrogen-bond donors (Lipinski definition) is 1. The summed E-state index contributed by atoms with van der Waals surface area (Å²) in [6.45, 7) is 2.77. The van der Waals surface area contributed by atoms with Crippen molar-refractivity contribution in [2.45, 2.75) is 19.3 Å². The van der Waals surface area contributed by atoms with E-state index in [9.17, 15) is 4.79 Å². The normalized spacial score (nSPS) is 12.0. The topological polar surface area (TPSA) is 42.0 Å². The van der Waals surface area contributed by atoms with E-state index in [0.717, 1.165) is 17.2 Å². The third-order valence-corrected chi connectivity index (χ3v) is 4.19. The first-order valence-corrected chi connectivity index (χ1v) is 7.95. The number of benzene rings is 2. The minimum absolute atomic E-state index is 0.0660. The Labute approximate surface area is 136 Å². The van der Waals surface area contributed by atoms with Gasteiger partial charge in [-0.25, -0.2) is 0 Å². The van der Waals surface area contributed by atoms with Crippen molar-refractivity contribution in [3.8, 4) is 0 Å². The molecule has 1 unspecified atom stereocenters. The molecule has 1 heterocycles. The van der Waals surface area contributed by atoms with Gasteiger partial charge in [-0.05, 0) is 17.4 Å². The van der Waals surface area contributed by atoms with Gasteiger partial charge < -0.3 is 5.32 Å². The summed E-state index contributed by atoms with van der Waals surface area (Å²) in [5.74, 6) is 0.256. The van der Waals surface area contributed by atoms with E-state index in [1.807, 2.05) is 42.5 Å². The molecule has 0 aliphatic rings. The lowest BCUT2D eigenvalue weighted by atomic mass is 9.96. The molecule has 1 N–H and O–H groups in total. The van der Waals surface area contributed by atoms with Gasteiger partial charge in [0.2, 0.25) is 0 Å². The zero-order valence-corrected chi connectivity index (χ0v) is 13.2. The Balaban J connectivity index is 1.76. The maximum atomic E-state index is 12.6. The van der Waals surface area contributed by atoms with Crippen molar-refractivity contribution in [1.29, 1.82) is 0 Å². The summed E-state index contributed by atoms with van der Waals surface area (Å²) in [5, 5.41) is 4.98. The molecular formula is C20H20N2O. The average molecular weight is 304 g/mol. The summed E-state index contributed by atoms with van der Waals surface area (Å²) in [4.78, 5) is 16.7. The minimum Gasteiger partial charge on any atom is -0.351 e. The number of pyridine rings is 1. The van der Waals surface area contributed by atoms with Gasteiger partial charge in [0, 0.05) is 30.2 Å². The van der Waals surface area contributed by atoms with E-state index in [-0.39, 0.29) is 5.91 Å². The molecule has 0 saturated carbocycles. The van der Waals surface area contributed by atoms with Crippen LogP contribution in [0.1, 0.15) is 35.2 Å². The Morgan fingerprint density at radius 3 is 2.57 bits per heavy atom. The number of amides is 1. The number of fused-ring (bicyclic) bond motifs is 1. The minimum atomic E-state index is -0.0660. The third-order valence-electron chi connectivity index (χ3n) is 4.19. The Kier molecular flexibility index (Phi) is 4.67. The SMILES string of the molecule is CCC(CNC(=O)c1cncc2ccccc12)c1ccccc1. The largest absolute Gasteiger partial charge is 0.351 e. The highest BCUT2D eigenvalue weighted by Crippen LogP contribution is 2.20. The van der Waals surface area contributed by atoms with Crippen molar-refractivity contribution in [2.24, 2.45) is 0 Å². The number of nitrogens with zero attached hydrogens (tertiary/aromatic N) is 1. The zero-order chi connectivity index (χ0) is 16.1. The Bertz CT molecular complexity index is 794. The second-order valence-corrected chi connectivity index (χ2v) is 5.63. The van der Waals surface area contributed by atoms with Crippen LogP contribution in [0.5, 0.6) is 0 Å². The van der Waals surface area contributed by atoms with Crippen molar-refractivity contribution in [3.05, 3.63) is 78.1 Å². The van der Waals surface area contributed by atoms with Gasteiger partial charge in [0.05, 0.1) is 5.56 Å². The molecule has 0 fully saturated rings. The fourth-order valence-electron chi connectivity index (χ4n) is 2.83. The maximum absolute atomic E-state index is 12.6. The van der Waals surface area contributed by atoms with Crippen molar-refractivity contribution in [2.75, 3.05) is 6.54 Å². The highest BCUT2D eigenvalue weighted by molar-refractivity contribution is 6.06. The number of nitrogens with one attached hydrogen (secondary N) is 1. The molecule has 2 aromatic carbocycles. The first-order valence-electron chi connectivity index (χ1n) is 7.95. The fourth-order valence-corrected chi connectivity index (χ4v) is 2.83. The molecule has 3 nitrogen and oxygen atoms in total. The van der Waals surface area contributed by atoms with Crippen LogP contribution in [0.2, 0.25) is 0 Å². The molecule has 3 heteroatoms. The number of hydrogen-bond acceptors (Lipinski definition) is 2. The summed E-state index contributed by atoms with van der Waals surface area (Å²) in [6.07, 6.45) is 4.41. The van der Waals surface area contributed by atoms with Crippen molar-refractivity contribution in [1.82, 2.24) is 10.3 Å². The van der Waals surface area contributed by atoms with E-state index < -0.39 is 0 Å². The number of aromatic nitrogens is 1. The molecule has 0 aliphatic heterocycles. The van der Waals surface area contributed by atoms with Crippen LogP contribution in [0.3, 0.4) is 0 Å². The van der Waals surface area contributed by atoms with Gasteiger partial charge in [-0.15, -0.1) is 0 Å². The van der Waals surface area contributed by atoms with Gasteiger partial charge in [0.15, 0.2) is 0 Å². The fraction of sp³-hybridized carbons (Fsp3) is 0.200. The first kappa shape index (κ1) is 15.2. The van der Waals surface area contributed by atoms with Crippen molar-refractivity contribution < 1.29 is 4.79 Å². The van der Waals surface area contributed by atoms with Crippen molar-refractivity contribution in [3.63, 3.8) is 0 Å². The average Bonchev–Trinajstić information content (AvgIpc) is 2.62. The Morgan fingerprint density at radius 2 is 1.78 bits per heavy atom. The van der Waals surface area contributed by atoms with Crippen LogP contribution in [0, 0.1) is 0 Å². The van der Waals surface area contributed by atoms with E-state index in [1.54, 1.807) is 12.4 Å². The molecule has 1 amide bonds. The van der Waals surface area contributed by atoms with Gasteiger partial charge in [-0.1, -0.05) is 61.5 Å². The van der Waals surface area contributed by atoms with E-state index in [2.05, 4.69) is 29.4 Å². The van der Waals surface area contributed by atoms with Crippen molar-refractivity contribution >= 4 is 16.7 Å². The smallest absolute Gasteiger partial charge is 0.253 e. The molecule has 23 heavy (non-hydrogen) atoms. The van der Waals surface area contributed by atoms with Gasteiger partial charge in [-0.2, -0.15) is 0 Å². The Hall–Kier alpha value is -2.68. The van der Waals surface area contributed by atoms with Crippen LogP contribution >= 0.6 is 0 Å².